The first kappa shape index (κ1) is 6.99. The molecule has 1 aromatic rings. The third-order valence-corrected chi connectivity index (χ3v) is 1.50. The Balaban J connectivity index is 2.99. The predicted octanol–water partition coefficient (Wildman–Crippen LogP) is 0.0228. The minimum absolute atomic E-state index is 0.351. The van der Waals surface area contributed by atoms with Crippen molar-refractivity contribution >= 4 is 5.69 Å². The monoisotopic (exact) mass is 139 g/mol. The highest BCUT2D eigenvalue weighted by atomic mass is 16.2. The van der Waals surface area contributed by atoms with Crippen molar-refractivity contribution in [2.75, 3.05) is 11.9 Å². The molecule has 3 heteroatoms. The molecule has 0 spiro atoms. The van der Waals surface area contributed by atoms with Gasteiger partial charge in [0.15, 0.2) is 0 Å². The first-order valence-corrected chi connectivity index (χ1v) is 3.22. The second-order valence-corrected chi connectivity index (χ2v) is 2.19. The normalized spacial score (nSPS) is 10.2. The Morgan fingerprint density at radius 1 is 1.30 bits per heavy atom. The maximum atomic E-state index is 10.7. The van der Waals surface area contributed by atoms with Gasteiger partial charge in [-0.05, 0) is 13.8 Å². The van der Waals surface area contributed by atoms with E-state index in [9.17, 15) is 9.59 Å². The summed E-state index contributed by atoms with van der Waals surface area (Å²) in [6.45, 7) is 4.23. The van der Waals surface area contributed by atoms with E-state index in [1.165, 1.54) is 0 Å². The zero-order chi connectivity index (χ0) is 7.72. The van der Waals surface area contributed by atoms with Gasteiger partial charge in [0.1, 0.15) is 0 Å². The van der Waals surface area contributed by atoms with Crippen molar-refractivity contribution in [3.8, 4) is 0 Å². The Labute approximate surface area is 58.4 Å². The number of nitrogens with one attached hydrogen (secondary N) is 1. The van der Waals surface area contributed by atoms with E-state index in [0.29, 0.717) is 17.8 Å². The Bertz CT molecular complexity index is 307. The van der Waals surface area contributed by atoms with E-state index in [-0.39, 0.29) is 10.9 Å². The van der Waals surface area contributed by atoms with Crippen molar-refractivity contribution in [1.29, 1.82) is 0 Å². The molecule has 0 amide bonds. The zero-order valence-corrected chi connectivity index (χ0v) is 6.02. The summed E-state index contributed by atoms with van der Waals surface area (Å²) in [4.78, 5) is 21.3. The van der Waals surface area contributed by atoms with Crippen LogP contribution in [-0.4, -0.2) is 6.54 Å². The molecule has 0 radical (unpaired) electrons. The summed E-state index contributed by atoms with van der Waals surface area (Å²) < 4.78 is 0. The van der Waals surface area contributed by atoms with Gasteiger partial charge >= 0.3 is 0 Å². The Morgan fingerprint density at radius 3 is 2.30 bits per heavy atom. The highest BCUT2D eigenvalue weighted by Crippen LogP contribution is 2.03. The molecular formula is C7H9NO2. The summed E-state index contributed by atoms with van der Waals surface area (Å²) in [5, 5.41) is 2.82. The van der Waals surface area contributed by atoms with Crippen LogP contribution in [0.3, 0.4) is 0 Å². The lowest BCUT2D eigenvalue weighted by atomic mass is 10.1. The van der Waals surface area contributed by atoms with Gasteiger partial charge in [0, 0.05) is 12.1 Å². The van der Waals surface area contributed by atoms with Crippen LogP contribution in [0.1, 0.15) is 12.5 Å². The molecule has 0 aliphatic heterocycles. The maximum Gasteiger partial charge on any atom is 0.249 e. The van der Waals surface area contributed by atoms with Gasteiger partial charge in [-0.15, -0.1) is 0 Å². The highest BCUT2D eigenvalue weighted by Gasteiger charge is 2.14. The quantitative estimate of drug-likeness (QED) is 0.588. The van der Waals surface area contributed by atoms with E-state index < -0.39 is 0 Å². The Hall–Kier alpha value is -1.12. The lowest BCUT2D eigenvalue weighted by Crippen LogP contribution is -2.36. The molecule has 1 aromatic carbocycles. The standard InChI is InChI=1S/C7H9NO2/c1-3-8-5-4(2)6(9)7(5)10/h8H,3H2,1-2H3. The lowest BCUT2D eigenvalue weighted by molar-refractivity contribution is 1.15. The van der Waals surface area contributed by atoms with Gasteiger partial charge in [-0.3, -0.25) is 9.59 Å². The molecule has 1 rings (SSSR count). The van der Waals surface area contributed by atoms with E-state index in [0.717, 1.165) is 0 Å². The second-order valence-electron chi connectivity index (χ2n) is 2.19. The van der Waals surface area contributed by atoms with Crippen LogP contribution in [0.4, 0.5) is 5.69 Å². The Morgan fingerprint density at radius 2 is 1.90 bits per heavy atom. The zero-order valence-electron chi connectivity index (χ0n) is 6.02. The van der Waals surface area contributed by atoms with E-state index in [1.807, 2.05) is 6.92 Å². The van der Waals surface area contributed by atoms with Crippen LogP contribution >= 0.6 is 0 Å². The molecule has 0 aliphatic rings. The second kappa shape index (κ2) is 2.25. The van der Waals surface area contributed by atoms with Crippen LogP contribution in [0, 0.1) is 6.92 Å². The molecule has 0 atom stereocenters. The van der Waals surface area contributed by atoms with Crippen molar-refractivity contribution in [2.45, 2.75) is 13.8 Å². The summed E-state index contributed by atoms with van der Waals surface area (Å²) in [7, 11) is 0. The number of hydrogen-bond donors (Lipinski definition) is 1. The van der Waals surface area contributed by atoms with Crippen molar-refractivity contribution in [3.63, 3.8) is 0 Å². The SMILES string of the molecule is CCNc1c(C)c(=O)c1=O. The molecule has 0 unspecified atom stereocenters. The third-order valence-electron chi connectivity index (χ3n) is 1.50. The first-order chi connectivity index (χ1) is 4.68. The fraction of sp³-hybridized carbons (Fsp3) is 0.429. The van der Waals surface area contributed by atoms with E-state index in [1.54, 1.807) is 6.92 Å². The van der Waals surface area contributed by atoms with Crippen molar-refractivity contribution in [3.05, 3.63) is 26.0 Å². The molecule has 0 fully saturated rings. The number of anilines is 1. The molecule has 54 valence electrons. The van der Waals surface area contributed by atoms with E-state index in [2.05, 4.69) is 5.32 Å². The Kier molecular flexibility index (Phi) is 1.57. The molecule has 1 N–H and O–H groups in total. The van der Waals surface area contributed by atoms with Crippen LogP contribution in [0.2, 0.25) is 0 Å². The highest BCUT2D eigenvalue weighted by molar-refractivity contribution is 5.55. The van der Waals surface area contributed by atoms with Crippen LogP contribution in [0.15, 0.2) is 9.59 Å². The molecule has 0 heterocycles. The smallest absolute Gasteiger partial charge is 0.249 e. The van der Waals surface area contributed by atoms with Gasteiger partial charge in [0.2, 0.25) is 10.9 Å². The third kappa shape index (κ3) is 0.744. The fourth-order valence-electron chi connectivity index (χ4n) is 0.895. The fourth-order valence-corrected chi connectivity index (χ4v) is 0.895. The molecular weight excluding hydrogens is 130 g/mol. The molecule has 3 nitrogen and oxygen atoms in total. The molecule has 0 bridgehead atoms. The van der Waals surface area contributed by atoms with E-state index >= 15 is 0 Å². The summed E-state index contributed by atoms with van der Waals surface area (Å²) in [5.41, 5.74) is 0.328. The largest absolute Gasteiger partial charge is 0.382 e. The molecule has 0 aliphatic carbocycles. The van der Waals surface area contributed by atoms with Crippen molar-refractivity contribution in [1.82, 2.24) is 0 Å². The summed E-state index contributed by atoms with van der Waals surface area (Å²) >= 11 is 0. The molecule has 0 saturated heterocycles. The average molecular weight is 139 g/mol. The summed E-state index contributed by atoms with van der Waals surface area (Å²) in [5.74, 6) is 0. The average Bonchev–Trinajstić information content (AvgIpc) is 1.98. The summed E-state index contributed by atoms with van der Waals surface area (Å²) in [6.07, 6.45) is 0. The van der Waals surface area contributed by atoms with Crippen molar-refractivity contribution in [2.24, 2.45) is 0 Å². The minimum atomic E-state index is -0.376. The number of hydrogen-bond acceptors (Lipinski definition) is 3. The topological polar surface area (TPSA) is 46.2 Å². The van der Waals surface area contributed by atoms with Crippen LogP contribution in [-0.2, 0) is 0 Å². The van der Waals surface area contributed by atoms with Crippen molar-refractivity contribution < 1.29 is 0 Å². The van der Waals surface area contributed by atoms with Gasteiger partial charge in [-0.1, -0.05) is 0 Å². The lowest BCUT2D eigenvalue weighted by Gasteiger charge is -2.06. The van der Waals surface area contributed by atoms with Gasteiger partial charge in [0.05, 0.1) is 5.69 Å². The van der Waals surface area contributed by atoms with E-state index in [4.69, 9.17) is 0 Å². The van der Waals surface area contributed by atoms with Gasteiger partial charge in [-0.2, -0.15) is 0 Å². The van der Waals surface area contributed by atoms with Gasteiger partial charge < -0.3 is 5.32 Å². The van der Waals surface area contributed by atoms with Gasteiger partial charge in [-0.25, -0.2) is 0 Å². The summed E-state index contributed by atoms with van der Waals surface area (Å²) in [6, 6.07) is 0. The predicted molar refractivity (Wildman–Crippen MR) is 40.3 cm³/mol. The number of rotatable bonds is 2. The van der Waals surface area contributed by atoms with Crippen LogP contribution in [0.25, 0.3) is 0 Å². The molecule has 10 heavy (non-hydrogen) atoms. The first-order valence-electron chi connectivity index (χ1n) is 3.22. The maximum absolute atomic E-state index is 10.7. The van der Waals surface area contributed by atoms with Crippen LogP contribution < -0.4 is 16.2 Å². The minimum Gasteiger partial charge on any atom is -0.382 e. The molecule has 0 aromatic heterocycles. The van der Waals surface area contributed by atoms with Crippen LogP contribution in [0.5, 0.6) is 0 Å². The molecule has 0 saturated carbocycles. The van der Waals surface area contributed by atoms with Gasteiger partial charge in [0.25, 0.3) is 0 Å².